The van der Waals surface area contributed by atoms with Crippen molar-refractivity contribution in [3.63, 3.8) is 0 Å². The topological polar surface area (TPSA) is 49.4 Å². The SMILES string of the molecule is CC(C)(C)CN1CCC(=O)NC2(CCCC2)C1=O. The highest BCUT2D eigenvalue weighted by Gasteiger charge is 2.46. The van der Waals surface area contributed by atoms with E-state index in [9.17, 15) is 9.59 Å². The van der Waals surface area contributed by atoms with Crippen molar-refractivity contribution < 1.29 is 9.59 Å². The van der Waals surface area contributed by atoms with E-state index in [0.29, 0.717) is 13.0 Å². The molecule has 2 aliphatic rings. The molecule has 1 N–H and O–H groups in total. The van der Waals surface area contributed by atoms with E-state index in [2.05, 4.69) is 26.1 Å². The maximum atomic E-state index is 12.7. The van der Waals surface area contributed by atoms with E-state index in [-0.39, 0.29) is 17.2 Å². The van der Waals surface area contributed by atoms with Crippen molar-refractivity contribution in [2.45, 2.75) is 58.4 Å². The summed E-state index contributed by atoms with van der Waals surface area (Å²) in [7, 11) is 0. The van der Waals surface area contributed by atoms with E-state index in [1.54, 1.807) is 0 Å². The third kappa shape index (κ3) is 2.68. The maximum absolute atomic E-state index is 12.7. The molecule has 2 rings (SSSR count). The Kier molecular flexibility index (Phi) is 3.39. The minimum atomic E-state index is -0.584. The number of hydrogen-bond donors (Lipinski definition) is 1. The van der Waals surface area contributed by atoms with Gasteiger partial charge < -0.3 is 10.2 Å². The Hall–Kier alpha value is -1.06. The van der Waals surface area contributed by atoms with E-state index >= 15 is 0 Å². The highest BCUT2D eigenvalue weighted by Crippen LogP contribution is 2.33. The molecule has 0 radical (unpaired) electrons. The van der Waals surface area contributed by atoms with Crippen LogP contribution < -0.4 is 5.32 Å². The molecule has 1 saturated carbocycles. The molecule has 0 bridgehead atoms. The van der Waals surface area contributed by atoms with Gasteiger partial charge in [-0.2, -0.15) is 0 Å². The molecule has 1 heterocycles. The molecule has 1 aliphatic carbocycles. The lowest BCUT2D eigenvalue weighted by molar-refractivity contribution is -0.139. The van der Waals surface area contributed by atoms with Gasteiger partial charge in [-0.3, -0.25) is 9.59 Å². The van der Waals surface area contributed by atoms with Gasteiger partial charge in [-0.05, 0) is 18.3 Å². The first-order chi connectivity index (χ1) is 8.32. The second-order valence-electron chi connectivity index (χ2n) is 6.87. The minimum absolute atomic E-state index is 0.0293. The molecule has 2 amide bonds. The van der Waals surface area contributed by atoms with Crippen molar-refractivity contribution in [2.75, 3.05) is 13.1 Å². The summed E-state index contributed by atoms with van der Waals surface area (Å²) in [5.74, 6) is 0.169. The van der Waals surface area contributed by atoms with E-state index < -0.39 is 5.54 Å². The zero-order chi connectivity index (χ0) is 13.4. The molecular formula is C14H24N2O2. The smallest absolute Gasteiger partial charge is 0.248 e. The summed E-state index contributed by atoms with van der Waals surface area (Å²) in [4.78, 5) is 26.4. The fraction of sp³-hybridized carbons (Fsp3) is 0.857. The molecule has 0 aromatic heterocycles. The van der Waals surface area contributed by atoms with Gasteiger partial charge in [0.2, 0.25) is 11.8 Å². The van der Waals surface area contributed by atoms with Gasteiger partial charge in [0.15, 0.2) is 0 Å². The van der Waals surface area contributed by atoms with Crippen molar-refractivity contribution in [3.05, 3.63) is 0 Å². The van der Waals surface area contributed by atoms with Gasteiger partial charge in [0.25, 0.3) is 0 Å². The molecule has 0 atom stereocenters. The summed E-state index contributed by atoms with van der Waals surface area (Å²) in [6.07, 6.45) is 4.12. The number of nitrogens with zero attached hydrogens (tertiary/aromatic N) is 1. The predicted octanol–water partition coefficient (Wildman–Crippen LogP) is 1.69. The van der Waals surface area contributed by atoms with Gasteiger partial charge in [-0.25, -0.2) is 0 Å². The minimum Gasteiger partial charge on any atom is -0.342 e. The van der Waals surface area contributed by atoms with Gasteiger partial charge in [0.05, 0.1) is 0 Å². The fourth-order valence-electron chi connectivity index (χ4n) is 3.06. The van der Waals surface area contributed by atoms with Crippen LogP contribution in [0.1, 0.15) is 52.9 Å². The van der Waals surface area contributed by atoms with Crippen molar-refractivity contribution in [3.8, 4) is 0 Å². The molecule has 2 fully saturated rings. The molecule has 1 saturated heterocycles. The molecule has 0 aromatic carbocycles. The predicted molar refractivity (Wildman–Crippen MR) is 70.0 cm³/mol. The van der Waals surface area contributed by atoms with Crippen LogP contribution in [0.15, 0.2) is 0 Å². The lowest BCUT2D eigenvalue weighted by Gasteiger charge is -2.35. The Morgan fingerprint density at radius 3 is 2.39 bits per heavy atom. The summed E-state index contributed by atoms with van der Waals surface area (Å²) in [6, 6.07) is 0. The van der Waals surface area contributed by atoms with Crippen LogP contribution in [0.3, 0.4) is 0 Å². The van der Waals surface area contributed by atoms with Crippen molar-refractivity contribution in [2.24, 2.45) is 5.41 Å². The number of hydrogen-bond acceptors (Lipinski definition) is 2. The Morgan fingerprint density at radius 2 is 1.83 bits per heavy atom. The molecule has 0 aromatic rings. The van der Waals surface area contributed by atoms with Gasteiger partial charge in [0, 0.05) is 19.5 Å². The van der Waals surface area contributed by atoms with Gasteiger partial charge >= 0.3 is 0 Å². The standard InChI is InChI=1S/C14H24N2O2/c1-13(2,3)10-16-9-6-11(17)15-14(12(16)18)7-4-5-8-14/h4-10H2,1-3H3,(H,15,17). The first-order valence-corrected chi connectivity index (χ1v) is 6.93. The van der Waals surface area contributed by atoms with E-state index in [1.807, 2.05) is 4.90 Å². The summed E-state index contributed by atoms with van der Waals surface area (Å²) in [6.45, 7) is 7.66. The Labute approximate surface area is 109 Å². The molecule has 4 heteroatoms. The Bertz CT molecular complexity index is 351. The van der Waals surface area contributed by atoms with E-state index in [4.69, 9.17) is 0 Å². The normalized spacial score (nSPS) is 24.3. The van der Waals surface area contributed by atoms with Gasteiger partial charge in [-0.1, -0.05) is 33.6 Å². The van der Waals surface area contributed by atoms with Crippen LogP contribution >= 0.6 is 0 Å². The first kappa shape index (κ1) is 13.4. The molecular weight excluding hydrogens is 228 g/mol. The molecule has 102 valence electrons. The Balaban J connectivity index is 2.21. The average Bonchev–Trinajstić information content (AvgIpc) is 2.67. The zero-order valence-electron chi connectivity index (χ0n) is 11.7. The van der Waals surface area contributed by atoms with Crippen LogP contribution in [-0.2, 0) is 9.59 Å². The second-order valence-corrected chi connectivity index (χ2v) is 6.87. The van der Waals surface area contributed by atoms with Crippen LogP contribution in [0.4, 0.5) is 0 Å². The fourth-order valence-corrected chi connectivity index (χ4v) is 3.06. The first-order valence-electron chi connectivity index (χ1n) is 6.93. The quantitative estimate of drug-likeness (QED) is 0.772. The number of nitrogens with one attached hydrogen (secondary N) is 1. The number of rotatable bonds is 1. The molecule has 1 spiro atoms. The monoisotopic (exact) mass is 252 g/mol. The number of carbonyl (C=O) groups excluding carboxylic acids is 2. The summed E-state index contributed by atoms with van der Waals surface area (Å²) in [5.41, 5.74) is -0.512. The summed E-state index contributed by atoms with van der Waals surface area (Å²) < 4.78 is 0. The van der Waals surface area contributed by atoms with Gasteiger partial charge in [-0.15, -0.1) is 0 Å². The molecule has 4 nitrogen and oxygen atoms in total. The summed E-state index contributed by atoms with van der Waals surface area (Å²) in [5, 5.41) is 2.99. The maximum Gasteiger partial charge on any atom is 0.248 e. The highest BCUT2D eigenvalue weighted by molar-refractivity contribution is 5.93. The molecule has 18 heavy (non-hydrogen) atoms. The molecule has 1 aliphatic heterocycles. The third-order valence-corrected chi connectivity index (χ3v) is 3.81. The number of amides is 2. The third-order valence-electron chi connectivity index (χ3n) is 3.81. The van der Waals surface area contributed by atoms with E-state index in [1.165, 1.54) is 0 Å². The van der Waals surface area contributed by atoms with Crippen molar-refractivity contribution in [1.82, 2.24) is 10.2 Å². The number of carbonyl (C=O) groups is 2. The Morgan fingerprint density at radius 1 is 1.22 bits per heavy atom. The molecule has 0 unspecified atom stereocenters. The van der Waals surface area contributed by atoms with Crippen molar-refractivity contribution in [1.29, 1.82) is 0 Å². The summed E-state index contributed by atoms with van der Waals surface area (Å²) >= 11 is 0. The van der Waals surface area contributed by atoms with Crippen LogP contribution in [0.25, 0.3) is 0 Å². The van der Waals surface area contributed by atoms with Crippen LogP contribution in [0, 0.1) is 5.41 Å². The second kappa shape index (κ2) is 4.56. The van der Waals surface area contributed by atoms with Crippen molar-refractivity contribution >= 4 is 11.8 Å². The van der Waals surface area contributed by atoms with Crippen LogP contribution in [-0.4, -0.2) is 35.3 Å². The lowest BCUT2D eigenvalue weighted by Crippen LogP contribution is -2.56. The zero-order valence-corrected chi connectivity index (χ0v) is 11.7. The van der Waals surface area contributed by atoms with Gasteiger partial charge in [0.1, 0.15) is 5.54 Å². The largest absolute Gasteiger partial charge is 0.342 e. The van der Waals surface area contributed by atoms with Crippen LogP contribution in [0.5, 0.6) is 0 Å². The van der Waals surface area contributed by atoms with Crippen LogP contribution in [0.2, 0.25) is 0 Å². The lowest BCUT2D eigenvalue weighted by atomic mass is 9.92. The van der Waals surface area contributed by atoms with E-state index in [0.717, 1.165) is 32.2 Å². The average molecular weight is 252 g/mol. The highest BCUT2D eigenvalue weighted by atomic mass is 16.2.